The Bertz CT molecular complexity index is 485. The lowest BCUT2D eigenvalue weighted by molar-refractivity contribution is -0.385. The molecule has 1 saturated heterocycles. The summed E-state index contributed by atoms with van der Waals surface area (Å²) in [5, 5.41) is 10.9. The van der Waals surface area contributed by atoms with E-state index in [2.05, 4.69) is 32.8 Å². The second-order valence-electron chi connectivity index (χ2n) is 4.84. The molecule has 1 aromatic rings. The minimum absolute atomic E-state index is 0.154. The van der Waals surface area contributed by atoms with Crippen LogP contribution < -0.4 is 4.90 Å². The smallest absolute Gasteiger partial charge is 0.270 e. The first-order chi connectivity index (χ1) is 9.02. The van der Waals surface area contributed by atoms with Crippen LogP contribution in [0.2, 0.25) is 0 Å². The van der Waals surface area contributed by atoms with E-state index in [1.165, 1.54) is 0 Å². The molecule has 0 amide bonds. The molecule has 1 fully saturated rings. The zero-order valence-electron chi connectivity index (χ0n) is 11.2. The number of non-ortho nitro benzene ring substituents is 1. The van der Waals surface area contributed by atoms with Crippen LogP contribution in [0.5, 0.6) is 0 Å². The van der Waals surface area contributed by atoms with E-state index in [1.54, 1.807) is 12.1 Å². The Morgan fingerprint density at radius 3 is 2.47 bits per heavy atom. The summed E-state index contributed by atoms with van der Waals surface area (Å²) in [5.41, 5.74) is 2.30. The van der Waals surface area contributed by atoms with Gasteiger partial charge in [-0.2, -0.15) is 0 Å². The second kappa shape index (κ2) is 5.88. The van der Waals surface area contributed by atoms with Crippen LogP contribution in [0.15, 0.2) is 16.6 Å². The molecule has 0 spiro atoms. The molecule has 0 radical (unpaired) electrons. The van der Waals surface area contributed by atoms with Crippen molar-refractivity contribution in [2.75, 3.05) is 38.1 Å². The van der Waals surface area contributed by atoms with Crippen molar-refractivity contribution in [3.63, 3.8) is 0 Å². The molecule has 2 rings (SSSR count). The standard InChI is InChI=1S/C13H18BrN3O2/c1-3-10-8-11(17(18)19)9-12(14)13(10)16-6-4-15(2)5-7-16/h8-9H,3-7H2,1-2H3. The van der Waals surface area contributed by atoms with Crippen molar-refractivity contribution < 1.29 is 4.92 Å². The molecule has 0 aromatic heterocycles. The molecule has 1 aliphatic heterocycles. The zero-order valence-corrected chi connectivity index (χ0v) is 12.8. The van der Waals surface area contributed by atoms with Crippen molar-refractivity contribution >= 4 is 27.3 Å². The Morgan fingerprint density at radius 1 is 1.32 bits per heavy atom. The van der Waals surface area contributed by atoms with Crippen molar-refractivity contribution in [2.45, 2.75) is 13.3 Å². The highest BCUT2D eigenvalue weighted by Gasteiger charge is 2.21. The maximum atomic E-state index is 10.9. The predicted octanol–water partition coefficient (Wildman–Crippen LogP) is 2.67. The molecular formula is C13H18BrN3O2. The first-order valence-electron chi connectivity index (χ1n) is 6.43. The van der Waals surface area contributed by atoms with Gasteiger partial charge in [-0.05, 0) is 35.0 Å². The van der Waals surface area contributed by atoms with Crippen molar-refractivity contribution in [1.82, 2.24) is 4.90 Å². The molecule has 0 atom stereocenters. The Labute approximate surface area is 121 Å². The summed E-state index contributed by atoms with van der Waals surface area (Å²) in [6.07, 6.45) is 0.794. The minimum Gasteiger partial charge on any atom is -0.368 e. The van der Waals surface area contributed by atoms with Gasteiger partial charge in [-0.3, -0.25) is 10.1 Å². The molecule has 1 heterocycles. The zero-order chi connectivity index (χ0) is 14.0. The molecule has 0 aliphatic carbocycles. The average Bonchev–Trinajstić information content (AvgIpc) is 2.39. The summed E-state index contributed by atoms with van der Waals surface area (Å²) in [5.74, 6) is 0. The fourth-order valence-electron chi connectivity index (χ4n) is 2.40. The predicted molar refractivity (Wildman–Crippen MR) is 79.9 cm³/mol. The van der Waals surface area contributed by atoms with Crippen LogP contribution in [0.3, 0.4) is 0 Å². The summed E-state index contributed by atoms with van der Waals surface area (Å²) in [6.45, 7) is 5.99. The van der Waals surface area contributed by atoms with Gasteiger partial charge in [-0.25, -0.2) is 0 Å². The van der Waals surface area contributed by atoms with E-state index in [0.29, 0.717) is 0 Å². The maximum Gasteiger partial charge on any atom is 0.270 e. The number of halogens is 1. The maximum absolute atomic E-state index is 10.9. The molecule has 0 unspecified atom stereocenters. The lowest BCUT2D eigenvalue weighted by Gasteiger charge is -2.35. The topological polar surface area (TPSA) is 49.6 Å². The fraction of sp³-hybridized carbons (Fsp3) is 0.538. The molecular weight excluding hydrogens is 310 g/mol. The van der Waals surface area contributed by atoms with Gasteiger partial charge in [0.2, 0.25) is 0 Å². The van der Waals surface area contributed by atoms with Gasteiger partial charge in [0.05, 0.1) is 10.6 Å². The number of rotatable bonds is 3. The lowest BCUT2D eigenvalue weighted by Crippen LogP contribution is -2.45. The second-order valence-corrected chi connectivity index (χ2v) is 5.69. The number of hydrogen-bond donors (Lipinski definition) is 0. The Morgan fingerprint density at radius 2 is 1.95 bits per heavy atom. The van der Waals surface area contributed by atoms with E-state index in [4.69, 9.17) is 0 Å². The third kappa shape index (κ3) is 3.06. The Hall–Kier alpha value is -1.14. The number of benzene rings is 1. The van der Waals surface area contributed by atoms with Crippen LogP contribution in [-0.2, 0) is 6.42 Å². The molecule has 0 saturated carbocycles. The highest BCUT2D eigenvalue weighted by Crippen LogP contribution is 2.35. The van der Waals surface area contributed by atoms with E-state index in [0.717, 1.165) is 48.3 Å². The van der Waals surface area contributed by atoms with Gasteiger partial charge in [0.25, 0.3) is 5.69 Å². The molecule has 1 aromatic carbocycles. The van der Waals surface area contributed by atoms with E-state index >= 15 is 0 Å². The number of nitro benzene ring substituents is 1. The van der Waals surface area contributed by atoms with Gasteiger partial charge in [0.15, 0.2) is 0 Å². The molecule has 5 nitrogen and oxygen atoms in total. The van der Waals surface area contributed by atoms with Gasteiger partial charge in [-0.15, -0.1) is 0 Å². The van der Waals surface area contributed by atoms with E-state index < -0.39 is 0 Å². The highest BCUT2D eigenvalue weighted by atomic mass is 79.9. The third-order valence-electron chi connectivity index (χ3n) is 3.54. The van der Waals surface area contributed by atoms with Gasteiger partial charge in [0, 0.05) is 42.8 Å². The summed E-state index contributed by atoms with van der Waals surface area (Å²) in [7, 11) is 2.11. The number of nitrogens with zero attached hydrogens (tertiary/aromatic N) is 3. The summed E-state index contributed by atoms with van der Waals surface area (Å²) in [6, 6.07) is 3.30. The van der Waals surface area contributed by atoms with Crippen molar-refractivity contribution in [1.29, 1.82) is 0 Å². The first-order valence-corrected chi connectivity index (χ1v) is 7.22. The molecule has 104 valence electrons. The normalized spacial score (nSPS) is 16.7. The fourth-order valence-corrected chi connectivity index (χ4v) is 3.14. The number of likely N-dealkylation sites (N-methyl/N-ethyl adjacent to an activating group) is 1. The van der Waals surface area contributed by atoms with Gasteiger partial charge < -0.3 is 9.80 Å². The number of hydrogen-bond acceptors (Lipinski definition) is 4. The lowest BCUT2D eigenvalue weighted by atomic mass is 10.1. The number of nitro groups is 1. The number of aryl methyl sites for hydroxylation is 1. The van der Waals surface area contributed by atoms with Gasteiger partial charge in [0.1, 0.15) is 0 Å². The van der Waals surface area contributed by atoms with Crippen LogP contribution in [0, 0.1) is 10.1 Å². The van der Waals surface area contributed by atoms with Crippen LogP contribution in [-0.4, -0.2) is 43.0 Å². The van der Waals surface area contributed by atoms with Crippen LogP contribution in [0.25, 0.3) is 0 Å². The average molecular weight is 328 g/mol. The highest BCUT2D eigenvalue weighted by molar-refractivity contribution is 9.10. The third-order valence-corrected chi connectivity index (χ3v) is 4.14. The quantitative estimate of drug-likeness (QED) is 0.632. The van der Waals surface area contributed by atoms with E-state index in [1.807, 2.05) is 6.92 Å². The monoisotopic (exact) mass is 327 g/mol. The van der Waals surface area contributed by atoms with Crippen molar-refractivity contribution in [2.24, 2.45) is 0 Å². The van der Waals surface area contributed by atoms with Crippen molar-refractivity contribution in [3.05, 3.63) is 32.3 Å². The minimum atomic E-state index is -0.336. The molecule has 0 bridgehead atoms. The van der Waals surface area contributed by atoms with Crippen LogP contribution >= 0.6 is 15.9 Å². The van der Waals surface area contributed by atoms with E-state index in [9.17, 15) is 10.1 Å². The largest absolute Gasteiger partial charge is 0.368 e. The van der Waals surface area contributed by atoms with Crippen LogP contribution in [0.1, 0.15) is 12.5 Å². The summed E-state index contributed by atoms with van der Waals surface area (Å²) < 4.78 is 0.822. The van der Waals surface area contributed by atoms with Crippen molar-refractivity contribution in [3.8, 4) is 0 Å². The first kappa shape index (κ1) is 14.3. The Balaban J connectivity index is 2.36. The Kier molecular flexibility index (Phi) is 4.42. The van der Waals surface area contributed by atoms with E-state index in [-0.39, 0.29) is 10.6 Å². The molecule has 0 N–H and O–H groups in total. The van der Waals surface area contributed by atoms with Gasteiger partial charge >= 0.3 is 0 Å². The van der Waals surface area contributed by atoms with Crippen LogP contribution in [0.4, 0.5) is 11.4 Å². The summed E-state index contributed by atoms with van der Waals surface area (Å²) >= 11 is 3.50. The molecule has 6 heteroatoms. The number of anilines is 1. The molecule has 1 aliphatic rings. The SMILES string of the molecule is CCc1cc([N+](=O)[O-])cc(Br)c1N1CCN(C)CC1. The van der Waals surface area contributed by atoms with Gasteiger partial charge in [-0.1, -0.05) is 6.92 Å². The summed E-state index contributed by atoms with van der Waals surface area (Å²) in [4.78, 5) is 15.2. The number of piperazine rings is 1. The molecule has 19 heavy (non-hydrogen) atoms.